The number of halogens is 2. The van der Waals surface area contributed by atoms with Gasteiger partial charge in [-0.15, -0.1) is 0 Å². The molecule has 32 heavy (non-hydrogen) atoms. The van der Waals surface area contributed by atoms with Crippen LogP contribution in [0, 0.1) is 34.3 Å². The van der Waals surface area contributed by atoms with E-state index in [-0.39, 0.29) is 23.0 Å². The van der Waals surface area contributed by atoms with Crippen molar-refractivity contribution in [2.45, 2.75) is 13.8 Å². The summed E-state index contributed by atoms with van der Waals surface area (Å²) in [7, 11) is 0. The second-order valence-corrected chi connectivity index (χ2v) is 6.22. The summed E-state index contributed by atoms with van der Waals surface area (Å²) < 4.78 is 52.8. The first-order chi connectivity index (χ1) is 15.5. The van der Waals surface area contributed by atoms with E-state index in [1.807, 2.05) is 0 Å². The Morgan fingerprint density at radius 2 is 1.00 bits per heavy atom. The topological polar surface area (TPSA) is 84.5 Å². The summed E-state index contributed by atoms with van der Waals surface area (Å²) in [6, 6.07) is 15.8. The standard InChI is InChI=1S/C24H18F2N2O4/c1-3-29-17-9-5-7-11-19(17)31-23-21(25)15(13-27)16(14-28)22(26)24(23)32-20-12-8-6-10-18(20)30-4-2/h5-12H,3-4H2,1-2H3. The van der Waals surface area contributed by atoms with Gasteiger partial charge in [-0.25, -0.2) is 8.78 Å². The number of rotatable bonds is 8. The normalized spacial score (nSPS) is 10.1. The third-order valence-electron chi connectivity index (χ3n) is 4.24. The van der Waals surface area contributed by atoms with Gasteiger partial charge in [-0.3, -0.25) is 0 Å². The third kappa shape index (κ3) is 4.40. The first-order valence-electron chi connectivity index (χ1n) is 9.70. The van der Waals surface area contributed by atoms with E-state index in [2.05, 4.69) is 0 Å². The number of benzene rings is 3. The Morgan fingerprint density at radius 1 is 0.656 bits per heavy atom. The van der Waals surface area contributed by atoms with Crippen LogP contribution in [0.2, 0.25) is 0 Å². The summed E-state index contributed by atoms with van der Waals surface area (Å²) in [5, 5.41) is 18.7. The molecule has 0 aliphatic carbocycles. The van der Waals surface area contributed by atoms with Gasteiger partial charge in [0, 0.05) is 0 Å². The Morgan fingerprint density at radius 3 is 1.31 bits per heavy atom. The van der Waals surface area contributed by atoms with Crippen molar-refractivity contribution >= 4 is 0 Å². The highest BCUT2D eigenvalue weighted by molar-refractivity contribution is 5.61. The highest BCUT2D eigenvalue weighted by Gasteiger charge is 2.29. The number of para-hydroxylation sites is 4. The van der Waals surface area contributed by atoms with E-state index in [0.29, 0.717) is 13.2 Å². The van der Waals surface area contributed by atoms with Gasteiger partial charge in [0.05, 0.1) is 13.2 Å². The second kappa shape index (κ2) is 10.1. The molecule has 0 atom stereocenters. The highest BCUT2D eigenvalue weighted by atomic mass is 19.1. The van der Waals surface area contributed by atoms with Crippen molar-refractivity contribution in [2.24, 2.45) is 0 Å². The second-order valence-electron chi connectivity index (χ2n) is 6.22. The van der Waals surface area contributed by atoms with Crippen molar-refractivity contribution in [3.63, 3.8) is 0 Å². The van der Waals surface area contributed by atoms with Gasteiger partial charge in [0.2, 0.25) is 11.5 Å². The molecule has 3 aromatic rings. The molecule has 0 radical (unpaired) electrons. The Hall–Kier alpha value is -4.30. The Bertz CT molecular complexity index is 1120. The van der Waals surface area contributed by atoms with Crippen LogP contribution in [0.15, 0.2) is 48.5 Å². The van der Waals surface area contributed by atoms with Gasteiger partial charge in [-0.1, -0.05) is 24.3 Å². The van der Waals surface area contributed by atoms with E-state index >= 15 is 8.78 Å². The predicted octanol–water partition coefficient (Wildman–Crippen LogP) is 6.09. The van der Waals surface area contributed by atoms with Crippen molar-refractivity contribution < 1.29 is 27.7 Å². The summed E-state index contributed by atoms with van der Waals surface area (Å²) >= 11 is 0. The summed E-state index contributed by atoms with van der Waals surface area (Å²) in [5.74, 6) is -3.17. The van der Waals surface area contributed by atoms with Crippen LogP contribution in [0.1, 0.15) is 25.0 Å². The van der Waals surface area contributed by atoms with Crippen molar-refractivity contribution in [3.05, 3.63) is 71.3 Å². The summed E-state index contributed by atoms with van der Waals surface area (Å²) in [5.41, 5.74) is -1.58. The molecule has 3 aromatic carbocycles. The average Bonchev–Trinajstić information content (AvgIpc) is 2.80. The van der Waals surface area contributed by atoms with E-state index in [1.54, 1.807) is 50.2 Å². The van der Waals surface area contributed by atoms with Crippen LogP contribution in [-0.4, -0.2) is 13.2 Å². The summed E-state index contributed by atoms with van der Waals surface area (Å²) in [6.07, 6.45) is 0. The van der Waals surface area contributed by atoms with E-state index in [1.165, 1.54) is 24.3 Å². The lowest BCUT2D eigenvalue weighted by atomic mass is 10.1. The summed E-state index contributed by atoms with van der Waals surface area (Å²) in [4.78, 5) is 0. The molecule has 0 spiro atoms. The number of ether oxygens (including phenoxy) is 4. The van der Waals surface area contributed by atoms with Gasteiger partial charge in [0.15, 0.2) is 34.6 Å². The Balaban J connectivity index is 2.22. The lowest BCUT2D eigenvalue weighted by molar-refractivity contribution is 0.304. The van der Waals surface area contributed by atoms with E-state index in [0.717, 1.165) is 0 Å². The average molecular weight is 436 g/mol. The smallest absolute Gasteiger partial charge is 0.210 e. The van der Waals surface area contributed by atoms with Crippen LogP contribution in [0.4, 0.5) is 8.78 Å². The fourth-order valence-corrected chi connectivity index (χ4v) is 2.88. The molecule has 0 amide bonds. The molecule has 0 heterocycles. The van der Waals surface area contributed by atoms with Gasteiger partial charge < -0.3 is 18.9 Å². The first-order valence-corrected chi connectivity index (χ1v) is 9.70. The largest absolute Gasteiger partial charge is 0.490 e. The molecule has 0 aliphatic heterocycles. The fraction of sp³-hybridized carbons (Fsp3) is 0.167. The number of nitriles is 2. The zero-order valence-electron chi connectivity index (χ0n) is 17.3. The minimum atomic E-state index is -1.24. The quantitative estimate of drug-likeness (QED) is 0.425. The van der Waals surface area contributed by atoms with Gasteiger partial charge in [-0.05, 0) is 38.1 Å². The first kappa shape index (κ1) is 22.4. The van der Waals surface area contributed by atoms with E-state index < -0.39 is 34.3 Å². The summed E-state index contributed by atoms with van der Waals surface area (Å²) in [6.45, 7) is 4.12. The highest BCUT2D eigenvalue weighted by Crippen LogP contribution is 2.45. The molecule has 162 valence electrons. The van der Waals surface area contributed by atoms with Crippen LogP contribution in [-0.2, 0) is 0 Å². The lowest BCUT2D eigenvalue weighted by Gasteiger charge is -2.18. The van der Waals surface area contributed by atoms with Crippen molar-refractivity contribution in [3.8, 4) is 46.6 Å². The minimum absolute atomic E-state index is 0.0733. The Kier molecular flexibility index (Phi) is 7.09. The molecule has 0 aromatic heterocycles. The minimum Gasteiger partial charge on any atom is -0.490 e. The van der Waals surface area contributed by atoms with Gasteiger partial charge in [0.25, 0.3) is 0 Å². The van der Waals surface area contributed by atoms with Gasteiger partial charge >= 0.3 is 0 Å². The van der Waals surface area contributed by atoms with E-state index in [9.17, 15) is 10.5 Å². The lowest BCUT2D eigenvalue weighted by Crippen LogP contribution is -2.05. The third-order valence-corrected chi connectivity index (χ3v) is 4.24. The monoisotopic (exact) mass is 436 g/mol. The molecule has 6 nitrogen and oxygen atoms in total. The molecule has 0 aliphatic rings. The Labute approximate surface area is 183 Å². The molecule has 0 saturated heterocycles. The van der Waals surface area contributed by atoms with Crippen LogP contribution in [0.3, 0.4) is 0 Å². The van der Waals surface area contributed by atoms with E-state index in [4.69, 9.17) is 18.9 Å². The molecule has 0 saturated carbocycles. The molecule has 8 heteroatoms. The zero-order valence-corrected chi connectivity index (χ0v) is 17.3. The van der Waals surface area contributed by atoms with Crippen LogP contribution < -0.4 is 18.9 Å². The molecule has 0 fully saturated rings. The van der Waals surface area contributed by atoms with Gasteiger partial charge in [0.1, 0.15) is 23.3 Å². The van der Waals surface area contributed by atoms with Crippen LogP contribution in [0.5, 0.6) is 34.5 Å². The van der Waals surface area contributed by atoms with Crippen molar-refractivity contribution in [1.29, 1.82) is 10.5 Å². The maximum absolute atomic E-state index is 15.3. The zero-order chi connectivity index (χ0) is 23.1. The predicted molar refractivity (Wildman–Crippen MR) is 111 cm³/mol. The molecule has 0 N–H and O–H groups in total. The van der Waals surface area contributed by atoms with Crippen LogP contribution >= 0.6 is 0 Å². The molecule has 0 unspecified atom stereocenters. The molecular weight excluding hydrogens is 418 g/mol. The van der Waals surface area contributed by atoms with Crippen molar-refractivity contribution in [1.82, 2.24) is 0 Å². The SMILES string of the molecule is CCOc1ccccc1Oc1c(F)c(C#N)c(C#N)c(F)c1Oc1ccccc1OCC. The fourth-order valence-electron chi connectivity index (χ4n) is 2.88. The maximum Gasteiger partial charge on any atom is 0.210 e. The molecule has 0 bridgehead atoms. The van der Waals surface area contributed by atoms with Crippen molar-refractivity contribution in [2.75, 3.05) is 13.2 Å². The maximum atomic E-state index is 15.3. The molecule has 3 rings (SSSR count). The number of hydrogen-bond donors (Lipinski definition) is 0. The van der Waals surface area contributed by atoms with Crippen LogP contribution in [0.25, 0.3) is 0 Å². The molecular formula is C24H18F2N2O4. The van der Waals surface area contributed by atoms with Gasteiger partial charge in [-0.2, -0.15) is 10.5 Å². The number of nitrogens with zero attached hydrogens (tertiary/aromatic N) is 2. The number of hydrogen-bond acceptors (Lipinski definition) is 6.